The van der Waals surface area contributed by atoms with Crippen molar-refractivity contribution in [3.05, 3.63) is 118 Å². The van der Waals surface area contributed by atoms with Gasteiger partial charge >= 0.3 is 11.9 Å². The number of carbonyl (C=O) groups excluding carboxylic acids is 2. The third-order valence-electron chi connectivity index (χ3n) is 8.45. The quantitative estimate of drug-likeness (QED) is 0.0592. The number of rotatable bonds is 17. The van der Waals surface area contributed by atoms with Gasteiger partial charge in [-0.2, -0.15) is 0 Å². The van der Waals surface area contributed by atoms with Crippen molar-refractivity contribution in [3.63, 3.8) is 0 Å². The first-order valence-electron chi connectivity index (χ1n) is 17.7. The standard InChI is InChI=1S/C42H54O8Si/c1-30-27-31(2)38(41(44)47-25-26-51(6,7)8)34(28-30)17-14-19-37-39(50-42(3,4)49-37)36(48-40(43)33-15-10-9-11-16-33)18-12-13-24-46-29-32-20-22-35(45-5)23-21-32/h9-12,14-18,20-23,27-28,36-37,39H,13,19,24-26,29H2,1-8H3/b17-14+,18-12-/t36?,37-,39?/m0/s1. The van der Waals surface area contributed by atoms with Crippen molar-refractivity contribution in [2.75, 3.05) is 20.3 Å². The van der Waals surface area contributed by atoms with Crippen molar-refractivity contribution >= 4 is 26.1 Å². The van der Waals surface area contributed by atoms with Gasteiger partial charge in [-0.25, -0.2) is 9.59 Å². The minimum Gasteiger partial charge on any atom is -0.497 e. The van der Waals surface area contributed by atoms with Crippen LogP contribution in [-0.4, -0.2) is 64.4 Å². The van der Waals surface area contributed by atoms with Crippen LogP contribution in [0.3, 0.4) is 0 Å². The number of esters is 2. The molecule has 1 aliphatic heterocycles. The van der Waals surface area contributed by atoms with Gasteiger partial charge in [-0.15, -0.1) is 0 Å². The second-order valence-corrected chi connectivity index (χ2v) is 20.2. The molecule has 1 saturated heterocycles. The maximum Gasteiger partial charge on any atom is 0.338 e. The van der Waals surface area contributed by atoms with Crippen molar-refractivity contribution in [1.82, 2.24) is 0 Å². The molecule has 3 atom stereocenters. The molecule has 274 valence electrons. The van der Waals surface area contributed by atoms with Gasteiger partial charge in [0.15, 0.2) is 5.79 Å². The van der Waals surface area contributed by atoms with Gasteiger partial charge in [0.2, 0.25) is 0 Å². The maximum absolute atomic E-state index is 13.3. The molecule has 3 aromatic rings. The summed E-state index contributed by atoms with van der Waals surface area (Å²) in [4.78, 5) is 26.5. The zero-order valence-electron chi connectivity index (χ0n) is 31.4. The van der Waals surface area contributed by atoms with Crippen LogP contribution in [0.25, 0.3) is 6.08 Å². The molecule has 1 heterocycles. The highest BCUT2D eigenvalue weighted by molar-refractivity contribution is 6.76. The Morgan fingerprint density at radius 1 is 0.922 bits per heavy atom. The Morgan fingerprint density at radius 3 is 2.33 bits per heavy atom. The van der Waals surface area contributed by atoms with Gasteiger partial charge in [-0.1, -0.05) is 85.9 Å². The lowest BCUT2D eigenvalue weighted by molar-refractivity contribution is -0.152. The van der Waals surface area contributed by atoms with Crippen molar-refractivity contribution in [2.24, 2.45) is 0 Å². The van der Waals surface area contributed by atoms with E-state index in [-0.39, 0.29) is 5.97 Å². The minimum absolute atomic E-state index is 0.309. The van der Waals surface area contributed by atoms with Crippen LogP contribution in [0.4, 0.5) is 0 Å². The van der Waals surface area contributed by atoms with Crippen LogP contribution >= 0.6 is 0 Å². The smallest absolute Gasteiger partial charge is 0.338 e. The topological polar surface area (TPSA) is 89.5 Å². The molecular weight excluding hydrogens is 661 g/mol. The molecule has 0 aliphatic carbocycles. The molecular formula is C42H54O8Si. The molecule has 8 nitrogen and oxygen atoms in total. The van der Waals surface area contributed by atoms with Crippen LogP contribution in [0.2, 0.25) is 25.7 Å². The Hall–Kier alpha value is -4.02. The van der Waals surface area contributed by atoms with Gasteiger partial charge < -0.3 is 28.4 Å². The highest BCUT2D eigenvalue weighted by atomic mass is 28.3. The number of carbonyl (C=O) groups is 2. The SMILES string of the molecule is COc1ccc(COCC/C=C\C(OC(=O)c2ccccc2)C2OC(C)(C)O[C@H]2C/C=C/c2cc(C)cc(C)c2C(=O)OCC[Si](C)(C)C)cc1. The van der Waals surface area contributed by atoms with Gasteiger partial charge in [0, 0.05) is 8.07 Å². The number of benzene rings is 3. The molecule has 3 aromatic carbocycles. The summed E-state index contributed by atoms with van der Waals surface area (Å²) >= 11 is 0. The molecule has 9 heteroatoms. The summed E-state index contributed by atoms with van der Waals surface area (Å²) in [5.74, 6) is -0.857. The number of aryl methyl sites for hydroxylation is 2. The van der Waals surface area contributed by atoms with Crippen LogP contribution in [0.15, 0.2) is 85.0 Å². The van der Waals surface area contributed by atoms with Crippen molar-refractivity contribution in [1.29, 1.82) is 0 Å². The number of hydrogen-bond acceptors (Lipinski definition) is 8. The first-order chi connectivity index (χ1) is 24.2. The van der Waals surface area contributed by atoms with E-state index in [0.29, 0.717) is 43.8 Å². The van der Waals surface area contributed by atoms with E-state index >= 15 is 0 Å². The van der Waals surface area contributed by atoms with Crippen molar-refractivity contribution in [3.8, 4) is 5.75 Å². The molecule has 0 spiro atoms. The molecule has 0 amide bonds. The van der Waals surface area contributed by atoms with Gasteiger partial charge in [0.05, 0.1) is 44.2 Å². The summed E-state index contributed by atoms with van der Waals surface area (Å²) in [5.41, 5.74) is 4.79. The summed E-state index contributed by atoms with van der Waals surface area (Å²) in [6, 6.07) is 21.6. The van der Waals surface area contributed by atoms with Gasteiger partial charge in [-0.3, -0.25) is 0 Å². The summed E-state index contributed by atoms with van der Waals surface area (Å²) in [5, 5.41) is 0. The first-order valence-corrected chi connectivity index (χ1v) is 21.4. The third kappa shape index (κ3) is 12.6. The Balaban J connectivity index is 1.48. The average molecular weight is 715 g/mol. The fraction of sp³-hybridized carbons (Fsp3) is 0.429. The number of hydrogen-bond donors (Lipinski definition) is 0. The second kappa shape index (κ2) is 18.5. The number of ether oxygens (including phenoxy) is 6. The molecule has 51 heavy (non-hydrogen) atoms. The molecule has 2 unspecified atom stereocenters. The van der Waals surface area contributed by atoms with Crippen molar-refractivity contribution < 1.29 is 38.0 Å². The minimum atomic E-state index is -1.35. The van der Waals surface area contributed by atoms with Crippen LogP contribution in [-0.2, 0) is 30.3 Å². The highest BCUT2D eigenvalue weighted by Crippen LogP contribution is 2.34. The van der Waals surface area contributed by atoms with E-state index in [9.17, 15) is 9.59 Å². The van der Waals surface area contributed by atoms with Gasteiger partial charge in [0.1, 0.15) is 18.0 Å². The summed E-state index contributed by atoms with van der Waals surface area (Å²) in [6.07, 6.45) is 7.08. The lowest BCUT2D eigenvalue weighted by Crippen LogP contribution is -2.37. The van der Waals surface area contributed by atoms with Crippen LogP contribution in [0.1, 0.15) is 69.7 Å². The van der Waals surface area contributed by atoms with E-state index in [2.05, 4.69) is 19.6 Å². The van der Waals surface area contributed by atoms with E-state index in [0.717, 1.165) is 34.0 Å². The Labute approximate surface area is 304 Å². The van der Waals surface area contributed by atoms with E-state index in [4.69, 9.17) is 28.4 Å². The van der Waals surface area contributed by atoms with E-state index in [1.165, 1.54) is 0 Å². The summed E-state index contributed by atoms with van der Waals surface area (Å²) < 4.78 is 35.7. The molecule has 1 fully saturated rings. The Morgan fingerprint density at radius 2 is 1.65 bits per heavy atom. The Bertz CT molecular complexity index is 1640. The van der Waals surface area contributed by atoms with Gasteiger partial charge in [0.25, 0.3) is 0 Å². The van der Waals surface area contributed by atoms with Crippen molar-refractivity contribution in [2.45, 2.75) is 96.9 Å². The second-order valence-electron chi connectivity index (χ2n) is 14.6. The fourth-order valence-electron chi connectivity index (χ4n) is 5.86. The fourth-order valence-corrected chi connectivity index (χ4v) is 6.58. The summed E-state index contributed by atoms with van der Waals surface area (Å²) in [6.45, 7) is 15.8. The van der Waals surface area contributed by atoms with E-state index < -0.39 is 38.1 Å². The number of methoxy groups -OCH3 is 1. The lowest BCUT2D eigenvalue weighted by Gasteiger charge is -2.24. The van der Waals surface area contributed by atoms with Crippen LogP contribution in [0.5, 0.6) is 5.75 Å². The predicted molar refractivity (Wildman–Crippen MR) is 204 cm³/mol. The predicted octanol–water partition coefficient (Wildman–Crippen LogP) is 9.12. The third-order valence-corrected chi connectivity index (χ3v) is 10.1. The molecule has 0 N–H and O–H groups in total. The largest absolute Gasteiger partial charge is 0.497 e. The summed E-state index contributed by atoms with van der Waals surface area (Å²) in [7, 11) is 0.294. The molecule has 1 aliphatic rings. The van der Waals surface area contributed by atoms with Crippen LogP contribution in [0, 0.1) is 13.8 Å². The monoisotopic (exact) mass is 714 g/mol. The van der Waals surface area contributed by atoms with E-state index in [1.807, 2.05) is 94.5 Å². The van der Waals surface area contributed by atoms with Crippen LogP contribution < -0.4 is 4.74 Å². The van der Waals surface area contributed by atoms with Gasteiger partial charge in [-0.05, 0) is 93.6 Å². The molecule has 0 radical (unpaired) electrons. The molecule has 0 bridgehead atoms. The molecule has 0 saturated carbocycles. The maximum atomic E-state index is 13.3. The Kier molecular flexibility index (Phi) is 14.4. The zero-order valence-corrected chi connectivity index (χ0v) is 32.4. The first kappa shape index (κ1) is 39.8. The average Bonchev–Trinajstić information content (AvgIpc) is 3.39. The zero-order chi connectivity index (χ0) is 37.0. The van der Waals surface area contributed by atoms with E-state index in [1.54, 1.807) is 31.4 Å². The highest BCUT2D eigenvalue weighted by Gasteiger charge is 2.45. The molecule has 0 aromatic heterocycles. The lowest BCUT2D eigenvalue weighted by atomic mass is 9.97. The molecule has 4 rings (SSSR count). The normalized spacial score (nSPS) is 17.9.